The number of benzene rings is 2. The van der Waals surface area contributed by atoms with Crippen molar-refractivity contribution < 1.29 is 14.5 Å². The molecule has 0 spiro atoms. The van der Waals surface area contributed by atoms with E-state index >= 15 is 0 Å². The van der Waals surface area contributed by atoms with Gasteiger partial charge in [0.05, 0.1) is 7.05 Å². The highest BCUT2D eigenvalue weighted by Gasteiger charge is 2.23. The van der Waals surface area contributed by atoms with E-state index in [0.717, 1.165) is 21.7 Å². The number of amides is 2. The highest BCUT2D eigenvalue weighted by Crippen LogP contribution is 2.07. The van der Waals surface area contributed by atoms with E-state index in [4.69, 9.17) is 0 Å². The Labute approximate surface area is 149 Å². The lowest BCUT2D eigenvalue weighted by Gasteiger charge is -2.20. The molecule has 0 saturated heterocycles. The molecule has 0 aliphatic rings. The minimum Gasteiger partial charge on any atom is -0.347 e. The lowest BCUT2D eigenvalue weighted by Crippen LogP contribution is -3.15. The third kappa shape index (κ3) is 6.04. The molecule has 2 aromatic rings. The zero-order chi connectivity index (χ0) is 18.2. The molecule has 0 aliphatic heterocycles. The van der Waals surface area contributed by atoms with E-state index in [2.05, 4.69) is 10.6 Å². The quantitative estimate of drug-likeness (QED) is 0.708. The monoisotopic (exact) mass is 340 g/mol. The molecule has 0 saturated carbocycles. The van der Waals surface area contributed by atoms with Gasteiger partial charge in [0, 0.05) is 12.2 Å². The molecule has 0 fully saturated rings. The average molecular weight is 340 g/mol. The Hall–Kier alpha value is -2.66. The second-order valence-corrected chi connectivity index (χ2v) is 6.36. The van der Waals surface area contributed by atoms with E-state index in [9.17, 15) is 9.59 Å². The van der Waals surface area contributed by atoms with E-state index < -0.39 is 0 Å². The largest absolute Gasteiger partial charge is 0.347 e. The summed E-state index contributed by atoms with van der Waals surface area (Å²) >= 11 is 0. The molecule has 3 N–H and O–H groups in total. The summed E-state index contributed by atoms with van der Waals surface area (Å²) in [4.78, 5) is 25.3. The molecule has 0 aromatic heterocycles. The number of carbonyl (C=O) groups excluding carboxylic acids is 2. The van der Waals surface area contributed by atoms with Gasteiger partial charge in [-0.1, -0.05) is 48.0 Å². The third-order valence-corrected chi connectivity index (χ3v) is 4.22. The highest BCUT2D eigenvalue weighted by molar-refractivity contribution is 5.91. The minimum absolute atomic E-state index is 0.0653. The number of hydrogen-bond donors (Lipinski definition) is 3. The molecular weight excluding hydrogens is 314 g/mol. The molecule has 0 aliphatic carbocycles. The van der Waals surface area contributed by atoms with Crippen molar-refractivity contribution in [3.63, 3.8) is 0 Å². The van der Waals surface area contributed by atoms with Gasteiger partial charge < -0.3 is 15.5 Å². The minimum atomic E-state index is -0.313. The Morgan fingerprint density at radius 3 is 2.32 bits per heavy atom. The van der Waals surface area contributed by atoms with Gasteiger partial charge in [-0.25, -0.2) is 0 Å². The van der Waals surface area contributed by atoms with Crippen LogP contribution in [0.1, 0.15) is 18.1 Å². The van der Waals surface area contributed by atoms with Gasteiger partial charge in [0.25, 0.3) is 11.8 Å². The molecule has 2 rings (SSSR count). The van der Waals surface area contributed by atoms with Crippen LogP contribution in [-0.4, -0.2) is 31.4 Å². The van der Waals surface area contributed by atoms with Gasteiger partial charge in [-0.15, -0.1) is 0 Å². The van der Waals surface area contributed by atoms with Crippen LogP contribution < -0.4 is 15.5 Å². The molecule has 132 valence electrons. The number of rotatable bonds is 7. The van der Waals surface area contributed by atoms with Gasteiger partial charge in [-0.3, -0.25) is 9.59 Å². The van der Waals surface area contributed by atoms with Crippen molar-refractivity contribution in [2.75, 3.05) is 18.9 Å². The van der Waals surface area contributed by atoms with Crippen LogP contribution in [0.4, 0.5) is 5.69 Å². The molecule has 1 unspecified atom stereocenters. The topological polar surface area (TPSA) is 62.6 Å². The fraction of sp³-hybridized carbons (Fsp3) is 0.300. The number of hydrogen-bond acceptors (Lipinski definition) is 2. The summed E-state index contributed by atoms with van der Waals surface area (Å²) in [7, 11) is 1.85. The summed E-state index contributed by atoms with van der Waals surface area (Å²) in [5.41, 5.74) is 2.96. The SMILES string of the molecule is Cc1ccc(NC(=O)C[NH+](C)[C@@H](C)C(=O)NCc2ccccc2)cc1. The number of carbonyl (C=O) groups is 2. The van der Waals surface area contributed by atoms with Gasteiger partial charge in [-0.05, 0) is 31.5 Å². The zero-order valence-electron chi connectivity index (χ0n) is 15.0. The van der Waals surface area contributed by atoms with Crippen molar-refractivity contribution >= 4 is 17.5 Å². The van der Waals surface area contributed by atoms with Crippen LogP contribution in [0.3, 0.4) is 0 Å². The smallest absolute Gasteiger partial charge is 0.279 e. The van der Waals surface area contributed by atoms with Crippen LogP contribution in [0.25, 0.3) is 0 Å². The van der Waals surface area contributed by atoms with Gasteiger partial charge in [0.2, 0.25) is 0 Å². The number of quaternary nitrogens is 1. The van der Waals surface area contributed by atoms with Gasteiger partial charge in [-0.2, -0.15) is 0 Å². The standard InChI is InChI=1S/C20H25N3O2/c1-15-9-11-18(12-10-15)22-19(24)14-23(3)16(2)20(25)21-13-17-7-5-4-6-8-17/h4-12,16H,13-14H2,1-3H3,(H,21,25)(H,22,24)/p+1/t16-/m0/s1. The predicted molar refractivity (Wildman–Crippen MR) is 99.3 cm³/mol. The molecule has 0 bridgehead atoms. The first-order valence-corrected chi connectivity index (χ1v) is 8.46. The van der Waals surface area contributed by atoms with Crippen LogP contribution >= 0.6 is 0 Å². The molecule has 2 aromatic carbocycles. The number of nitrogens with one attached hydrogen (secondary N) is 3. The number of aryl methyl sites for hydroxylation is 1. The molecule has 2 amide bonds. The summed E-state index contributed by atoms with van der Waals surface area (Å²) in [6.07, 6.45) is 0. The van der Waals surface area contributed by atoms with Gasteiger partial charge >= 0.3 is 0 Å². The molecule has 5 nitrogen and oxygen atoms in total. The van der Waals surface area contributed by atoms with Crippen molar-refractivity contribution in [2.45, 2.75) is 26.4 Å². The lowest BCUT2D eigenvalue weighted by molar-refractivity contribution is -0.885. The van der Waals surface area contributed by atoms with Crippen molar-refractivity contribution in [1.29, 1.82) is 0 Å². The van der Waals surface area contributed by atoms with Crippen molar-refractivity contribution in [3.05, 3.63) is 65.7 Å². The van der Waals surface area contributed by atoms with Gasteiger partial charge in [0.1, 0.15) is 0 Å². The first-order valence-electron chi connectivity index (χ1n) is 8.46. The first kappa shape index (κ1) is 18.7. The van der Waals surface area contributed by atoms with E-state index in [0.29, 0.717) is 6.54 Å². The Morgan fingerprint density at radius 2 is 1.68 bits per heavy atom. The van der Waals surface area contributed by atoms with E-state index in [-0.39, 0.29) is 24.4 Å². The Morgan fingerprint density at radius 1 is 1.04 bits per heavy atom. The van der Waals surface area contributed by atoms with E-state index in [1.165, 1.54) is 0 Å². The van der Waals surface area contributed by atoms with Gasteiger partial charge in [0.15, 0.2) is 12.6 Å². The van der Waals surface area contributed by atoms with Crippen LogP contribution in [0.2, 0.25) is 0 Å². The van der Waals surface area contributed by atoms with E-state index in [1.54, 1.807) is 0 Å². The molecule has 25 heavy (non-hydrogen) atoms. The summed E-state index contributed by atoms with van der Waals surface area (Å²) in [5, 5.41) is 5.78. The molecule has 0 radical (unpaired) electrons. The Balaban J connectivity index is 1.80. The Bertz CT molecular complexity index is 699. The zero-order valence-corrected chi connectivity index (χ0v) is 15.0. The van der Waals surface area contributed by atoms with Crippen LogP contribution in [0.5, 0.6) is 0 Å². The predicted octanol–water partition coefficient (Wildman–Crippen LogP) is 1.15. The average Bonchev–Trinajstić information content (AvgIpc) is 2.61. The molecular formula is C20H26N3O2+. The summed E-state index contributed by atoms with van der Waals surface area (Å²) < 4.78 is 0. The second-order valence-electron chi connectivity index (χ2n) is 6.36. The maximum atomic E-state index is 12.3. The molecule has 5 heteroatoms. The summed E-state index contributed by atoms with van der Waals surface area (Å²) in [6.45, 7) is 4.55. The highest BCUT2D eigenvalue weighted by atomic mass is 16.2. The lowest BCUT2D eigenvalue weighted by atomic mass is 10.2. The van der Waals surface area contributed by atoms with E-state index in [1.807, 2.05) is 75.5 Å². The van der Waals surface area contributed by atoms with Crippen molar-refractivity contribution in [1.82, 2.24) is 5.32 Å². The maximum absolute atomic E-state index is 12.3. The van der Waals surface area contributed by atoms with Crippen LogP contribution in [0.15, 0.2) is 54.6 Å². The fourth-order valence-electron chi connectivity index (χ4n) is 2.41. The molecule has 2 atom stereocenters. The number of anilines is 1. The maximum Gasteiger partial charge on any atom is 0.279 e. The Kier molecular flexibility index (Phi) is 6.71. The van der Waals surface area contributed by atoms with Crippen LogP contribution in [0, 0.1) is 6.92 Å². The second kappa shape index (κ2) is 8.99. The van der Waals surface area contributed by atoms with Crippen LogP contribution in [-0.2, 0) is 16.1 Å². The fourth-order valence-corrected chi connectivity index (χ4v) is 2.41. The third-order valence-electron chi connectivity index (χ3n) is 4.22. The first-order chi connectivity index (χ1) is 12.0. The number of likely N-dealkylation sites (N-methyl/N-ethyl adjacent to an activating group) is 1. The van der Waals surface area contributed by atoms with Crippen molar-refractivity contribution in [2.24, 2.45) is 0 Å². The molecule has 0 heterocycles. The normalized spacial score (nSPS) is 12.9. The van der Waals surface area contributed by atoms with Crippen molar-refractivity contribution in [3.8, 4) is 0 Å². The summed E-state index contributed by atoms with van der Waals surface area (Å²) in [5.74, 6) is -0.173. The summed E-state index contributed by atoms with van der Waals surface area (Å²) in [6, 6.07) is 17.1.